The summed E-state index contributed by atoms with van der Waals surface area (Å²) >= 11 is 3.32. The molecule has 0 atom stereocenters. The fourth-order valence-electron chi connectivity index (χ4n) is 11.9. The summed E-state index contributed by atoms with van der Waals surface area (Å²) in [4.78, 5) is 97.3. The number of epoxide rings is 1. The number of β-amino-alcohol motifs (C(OH)–C–C–N with tert-alkyl or cyclic N) is 1. The number of amides is 2. The number of Topliss-reactive ketones (excluding diaryl/α,β-unsaturated/α-hetero) is 1. The van der Waals surface area contributed by atoms with Gasteiger partial charge in [0, 0.05) is 57.4 Å². The molecule has 652 valence electrons. The van der Waals surface area contributed by atoms with Gasteiger partial charge in [-0.3, -0.25) is 9.36 Å². The number of rotatable bonds is 17. The van der Waals surface area contributed by atoms with E-state index in [0.717, 1.165) is 124 Å². The van der Waals surface area contributed by atoms with Gasteiger partial charge in [-0.2, -0.15) is 0 Å². The summed E-state index contributed by atoms with van der Waals surface area (Å²) in [5.74, 6) is -1.38. The Labute approximate surface area is 714 Å². The van der Waals surface area contributed by atoms with Crippen LogP contribution in [-0.2, 0) is 67.8 Å². The minimum Gasteiger partial charge on any atom is -0.465 e. The van der Waals surface area contributed by atoms with Gasteiger partial charge in [0.15, 0.2) is 0 Å². The largest absolute Gasteiger partial charge is 0.465 e. The van der Waals surface area contributed by atoms with Gasteiger partial charge in [-0.15, -0.1) is 12.4 Å². The summed E-state index contributed by atoms with van der Waals surface area (Å²) in [5.41, 5.74) is 10.9. The van der Waals surface area contributed by atoms with Crippen LogP contribution in [0.1, 0.15) is 240 Å². The highest BCUT2D eigenvalue weighted by molar-refractivity contribution is 9.08. The number of benzene rings is 5. The van der Waals surface area contributed by atoms with Gasteiger partial charge in [0.2, 0.25) is 0 Å². The van der Waals surface area contributed by atoms with Gasteiger partial charge in [-0.05, 0) is 255 Å². The van der Waals surface area contributed by atoms with Crippen molar-refractivity contribution in [3.8, 4) is 0 Å². The van der Waals surface area contributed by atoms with Crippen LogP contribution in [0.3, 0.4) is 0 Å². The summed E-state index contributed by atoms with van der Waals surface area (Å²) in [6, 6.07) is 36.4. The van der Waals surface area contributed by atoms with E-state index in [-0.39, 0.29) is 66.0 Å². The lowest BCUT2D eigenvalue weighted by Crippen LogP contribution is -2.39. The molecule has 0 aromatic heterocycles. The minimum atomic E-state index is -3.10. The quantitative estimate of drug-likeness (QED) is 0.0287. The summed E-state index contributed by atoms with van der Waals surface area (Å²) < 4.78 is 61.6. The smallest absolute Gasteiger partial charge is 0.410 e. The molecular formula is C91H129BrClN4O20P. The van der Waals surface area contributed by atoms with Crippen molar-refractivity contribution in [3.05, 3.63) is 194 Å². The van der Waals surface area contributed by atoms with Crippen molar-refractivity contribution >= 4 is 102 Å². The van der Waals surface area contributed by atoms with Crippen LogP contribution in [0.2, 0.25) is 0 Å². The van der Waals surface area contributed by atoms with Crippen molar-refractivity contribution in [2.45, 2.75) is 194 Å². The number of carbonyl (C=O) groups is 8. The Morgan fingerprint density at radius 2 is 0.805 bits per heavy atom. The molecule has 118 heavy (non-hydrogen) atoms. The SMILES string of the molecule is CC(C)(C)OC(=O)N1CCCC(=O)CC1.CC1(C)CO1.CCOP(=O)(Cc1ccc(C(=O)OC)cc1)OCC.COC(=O)c1ccc(C=C2CCCN(C(=O)OC(C)(C)C)CC2)cc1.COC(=O)c1ccc(C=C2CCCN(CC(C)(C)O)CC2)cc1.COC(=O)c1ccc(C=C2CCCNCC2)cc1.COC(=O)c1ccc(CBr)cc1.Cl. The van der Waals surface area contributed by atoms with Crippen molar-refractivity contribution in [2.24, 2.45) is 0 Å². The average Bonchev–Trinajstić information content (AvgIpc) is 1.38. The number of likely N-dealkylation sites (tertiary alicyclic amines) is 3. The van der Waals surface area contributed by atoms with Crippen LogP contribution in [0.25, 0.3) is 18.2 Å². The average molecular weight is 1750 g/mol. The van der Waals surface area contributed by atoms with Crippen molar-refractivity contribution < 1.29 is 95.0 Å². The number of aliphatic hydroxyl groups is 1. The zero-order valence-corrected chi connectivity index (χ0v) is 75.7. The molecule has 0 saturated carbocycles. The number of ether oxygens (including phenoxy) is 8. The number of methoxy groups -OCH3 is 5. The van der Waals surface area contributed by atoms with Crippen molar-refractivity contribution in [3.63, 3.8) is 0 Å². The third kappa shape index (κ3) is 43.0. The molecule has 0 unspecified atom stereocenters. The second kappa shape index (κ2) is 53.3. The van der Waals surface area contributed by atoms with Crippen molar-refractivity contribution in [2.75, 3.05) is 114 Å². The summed E-state index contributed by atoms with van der Waals surface area (Å²) in [6.07, 6.45) is 17.4. The molecule has 0 aliphatic carbocycles. The van der Waals surface area contributed by atoms with Crippen LogP contribution in [0.15, 0.2) is 138 Å². The molecule has 2 N–H and O–H groups in total. The van der Waals surface area contributed by atoms with E-state index < -0.39 is 30.4 Å². The number of esters is 5. The fraction of sp³-hybridized carbons (Fsp3) is 0.516. The summed E-state index contributed by atoms with van der Waals surface area (Å²) in [7, 11) is 3.77. The molecule has 27 heteroatoms. The first-order valence-corrected chi connectivity index (χ1v) is 42.9. The number of hydrogen-bond donors (Lipinski definition) is 2. The first-order chi connectivity index (χ1) is 55.3. The fourth-order valence-corrected chi connectivity index (χ4v) is 14.0. The minimum absolute atomic E-state index is 0. The topological polar surface area (TPSA) is 291 Å². The Bertz CT molecular complexity index is 4030. The van der Waals surface area contributed by atoms with Crippen LogP contribution in [-0.4, -0.2) is 204 Å². The summed E-state index contributed by atoms with van der Waals surface area (Å²) in [5, 5.41) is 14.2. The first kappa shape index (κ1) is 104. The number of nitrogens with zero attached hydrogens (tertiary/aromatic N) is 3. The van der Waals surface area contributed by atoms with Gasteiger partial charge >= 0.3 is 49.6 Å². The molecule has 5 aromatic rings. The van der Waals surface area contributed by atoms with E-state index >= 15 is 0 Å². The van der Waals surface area contributed by atoms with E-state index in [0.29, 0.717) is 86.6 Å². The lowest BCUT2D eigenvalue weighted by Gasteiger charge is -2.27. The molecule has 5 aliphatic rings. The Kier molecular flexibility index (Phi) is 46.9. The third-order valence-electron chi connectivity index (χ3n) is 18.0. The van der Waals surface area contributed by atoms with Gasteiger partial charge in [-0.1, -0.05) is 112 Å². The highest BCUT2D eigenvalue weighted by Crippen LogP contribution is 2.51. The monoisotopic (exact) mass is 1740 g/mol. The predicted octanol–water partition coefficient (Wildman–Crippen LogP) is 18.8. The van der Waals surface area contributed by atoms with Crippen molar-refractivity contribution in [1.82, 2.24) is 20.0 Å². The molecule has 5 heterocycles. The molecule has 24 nitrogen and oxygen atoms in total. The molecule has 5 saturated heterocycles. The van der Waals surface area contributed by atoms with E-state index in [1.165, 1.54) is 58.7 Å². The third-order valence-corrected chi connectivity index (χ3v) is 20.7. The first-order valence-electron chi connectivity index (χ1n) is 40.0. The number of carbonyl (C=O) groups excluding carboxylic acids is 8. The van der Waals surface area contributed by atoms with Gasteiger partial charge in [0.1, 0.15) is 17.0 Å². The molecule has 2 amide bonds. The highest BCUT2D eigenvalue weighted by atomic mass is 79.9. The van der Waals surface area contributed by atoms with Gasteiger partial charge in [0.25, 0.3) is 0 Å². The van der Waals surface area contributed by atoms with Crippen LogP contribution in [0.4, 0.5) is 9.59 Å². The van der Waals surface area contributed by atoms with Gasteiger partial charge < -0.3 is 72.1 Å². The van der Waals surface area contributed by atoms with Crippen LogP contribution < -0.4 is 5.32 Å². The Hall–Kier alpha value is -8.36. The maximum Gasteiger partial charge on any atom is 0.410 e. The lowest BCUT2D eigenvalue weighted by molar-refractivity contribution is -0.118. The number of hydrogen-bond acceptors (Lipinski definition) is 22. The van der Waals surface area contributed by atoms with Gasteiger partial charge in [-0.25, -0.2) is 33.6 Å². The van der Waals surface area contributed by atoms with Gasteiger partial charge in [0.05, 0.1) is 101 Å². The number of ketones is 1. The molecule has 5 aliphatic heterocycles. The maximum atomic E-state index is 12.3. The number of alkyl halides is 1. The van der Waals surface area contributed by atoms with Crippen LogP contribution in [0, 0.1) is 0 Å². The number of halogens is 2. The Morgan fingerprint density at radius 1 is 0.475 bits per heavy atom. The standard InChI is InChI=1S/C20H27NO4.C19H27NO3.C15H19NO2.C13H19O5P.C11H19NO3.C9H9BrO2.C4H8O.ClH/c1-20(2,3)25-19(23)21-12-5-6-15(11-13-21)14-16-7-9-17(10-8-16)18(22)24-4;1-19(2,22)14-20-11-4-5-15(10-12-20)13-16-6-8-17(9-7-16)18(21)23-3;1-18-15(17)14-6-4-13(5-7-14)11-12-3-2-9-16-10-8-12;1-4-17-19(15,18-5-2)10-11-6-8-12(9-7-11)13(14)16-3;1-11(2,3)15-10(14)12-7-4-5-9(13)6-8-12;1-12-9(11)8-4-2-7(6-10)3-5-8;1-4(2)3-5-4;/h7-10,14H,5-6,11-13H2,1-4H3;6-9,13,22H,4-5,10-12,14H2,1-3H3;4-7,11,16H,2-3,8-10H2,1H3;6-9H,4-5,10H2,1-3H3;4-8H2,1-3H3;2-5H,6H2,1H3;3H2,1-2H3;1H. The highest BCUT2D eigenvalue weighted by Gasteiger charge is 2.33. The predicted molar refractivity (Wildman–Crippen MR) is 469 cm³/mol. The molecule has 0 radical (unpaired) electrons. The summed E-state index contributed by atoms with van der Waals surface area (Å²) in [6.45, 7) is 31.6. The zero-order chi connectivity index (χ0) is 86.8. The van der Waals surface area contributed by atoms with Crippen LogP contribution in [0.5, 0.6) is 0 Å². The van der Waals surface area contributed by atoms with E-state index in [2.05, 4.69) is 72.4 Å². The lowest BCUT2D eigenvalue weighted by atomic mass is 10.0. The molecule has 10 rings (SSSR count). The molecule has 0 spiro atoms. The second-order valence-corrected chi connectivity index (χ2v) is 34.3. The van der Waals surface area contributed by atoms with Crippen LogP contribution >= 0.6 is 35.9 Å². The van der Waals surface area contributed by atoms with E-state index in [4.69, 9.17) is 32.7 Å². The molecule has 5 fully saturated rings. The van der Waals surface area contributed by atoms with E-state index in [1.54, 1.807) is 84.3 Å². The van der Waals surface area contributed by atoms with E-state index in [1.807, 2.05) is 116 Å². The second-order valence-electron chi connectivity index (χ2n) is 31.6. The molecule has 5 aromatic carbocycles. The maximum absolute atomic E-state index is 12.3. The normalized spacial score (nSPS) is 16.5. The van der Waals surface area contributed by atoms with Crippen molar-refractivity contribution in [1.29, 1.82) is 0 Å². The Morgan fingerprint density at radius 3 is 1.15 bits per heavy atom. The molecular weight excluding hydrogens is 1620 g/mol. The number of nitrogens with one attached hydrogen (secondary N) is 1. The zero-order valence-electron chi connectivity index (χ0n) is 72.4. The molecule has 0 bridgehead atoms. The Balaban J connectivity index is 0.000000365. The van der Waals surface area contributed by atoms with E-state index in [9.17, 15) is 48.0 Å².